The first kappa shape index (κ1) is 18.8. The number of amides is 1. The molecular weight excluding hydrogens is 378 g/mol. The topological polar surface area (TPSA) is 107 Å². The maximum Gasteiger partial charge on any atom is 0.255 e. The minimum atomic E-state index is -3.77. The molecule has 1 heterocycles. The second kappa shape index (κ2) is 6.62. The zero-order valence-corrected chi connectivity index (χ0v) is 15.2. The van der Waals surface area contributed by atoms with Crippen LogP contribution in [0.1, 0.15) is 24.2 Å². The molecule has 27 heavy (non-hydrogen) atoms. The Balaban J connectivity index is 2.01. The van der Waals surface area contributed by atoms with Gasteiger partial charge in [-0.3, -0.25) is 4.79 Å². The number of hydrogen-bond acceptors (Lipinski definition) is 5. The Morgan fingerprint density at radius 1 is 1.15 bits per heavy atom. The number of fused-ring (bicyclic) bond motifs is 1. The average molecular weight is 394 g/mol. The average Bonchev–Trinajstić information content (AvgIpc) is 2.92. The summed E-state index contributed by atoms with van der Waals surface area (Å²) in [5.41, 5.74) is 6.45. The van der Waals surface area contributed by atoms with Crippen molar-refractivity contribution >= 4 is 38.6 Å². The minimum Gasteiger partial charge on any atom is -0.368 e. The van der Waals surface area contributed by atoms with E-state index in [0.717, 1.165) is 22.2 Å². The SMILES string of the molecule is CC(C)S(=O)(=O)n1c(N)nc2ccc(NC(=O)c3ccc(F)c(F)c3)cc21. The van der Waals surface area contributed by atoms with Crippen molar-refractivity contribution in [3.05, 3.63) is 53.6 Å². The maximum absolute atomic E-state index is 13.3. The van der Waals surface area contributed by atoms with E-state index in [1.807, 2.05) is 0 Å². The number of nitrogens with zero attached hydrogens (tertiary/aromatic N) is 2. The molecule has 3 aromatic rings. The third-order valence-corrected chi connectivity index (χ3v) is 6.01. The first-order valence-corrected chi connectivity index (χ1v) is 9.40. The molecule has 0 aliphatic rings. The summed E-state index contributed by atoms with van der Waals surface area (Å²) in [4.78, 5) is 16.3. The van der Waals surface area contributed by atoms with Crippen LogP contribution in [0.3, 0.4) is 0 Å². The van der Waals surface area contributed by atoms with Gasteiger partial charge in [0.25, 0.3) is 5.91 Å². The molecule has 10 heteroatoms. The number of benzene rings is 2. The lowest BCUT2D eigenvalue weighted by Crippen LogP contribution is -2.23. The number of aromatic nitrogens is 2. The highest BCUT2D eigenvalue weighted by atomic mass is 32.2. The highest BCUT2D eigenvalue weighted by Gasteiger charge is 2.24. The molecule has 3 N–H and O–H groups in total. The minimum absolute atomic E-state index is 0.0863. The number of halogens is 2. The van der Waals surface area contributed by atoms with Crippen molar-refractivity contribution in [2.45, 2.75) is 19.1 Å². The lowest BCUT2D eigenvalue weighted by Gasteiger charge is -2.12. The number of carbonyl (C=O) groups excluding carboxylic acids is 1. The van der Waals surface area contributed by atoms with E-state index in [1.165, 1.54) is 32.0 Å². The van der Waals surface area contributed by atoms with E-state index in [4.69, 9.17) is 5.73 Å². The van der Waals surface area contributed by atoms with Gasteiger partial charge >= 0.3 is 0 Å². The number of anilines is 2. The Kier molecular flexibility index (Phi) is 4.60. The third-order valence-electron chi connectivity index (χ3n) is 3.93. The standard InChI is InChI=1S/C17H16F2N4O3S/c1-9(2)27(25,26)23-15-8-11(4-6-14(15)22-17(23)20)21-16(24)10-3-5-12(18)13(19)7-10/h3-9H,1-2H3,(H2,20,22)(H,21,24). The summed E-state index contributed by atoms with van der Waals surface area (Å²) in [5, 5.41) is 1.77. The Labute approximate surface area is 153 Å². The zero-order chi connectivity index (χ0) is 19.9. The summed E-state index contributed by atoms with van der Waals surface area (Å²) in [6, 6.07) is 7.15. The Morgan fingerprint density at radius 3 is 2.48 bits per heavy atom. The van der Waals surface area contributed by atoms with Crippen LogP contribution in [0.4, 0.5) is 20.4 Å². The van der Waals surface area contributed by atoms with E-state index >= 15 is 0 Å². The van der Waals surface area contributed by atoms with Crippen LogP contribution in [-0.2, 0) is 10.0 Å². The molecule has 142 valence electrons. The molecule has 1 aromatic heterocycles. The molecule has 0 radical (unpaired) electrons. The fraction of sp³-hybridized carbons (Fsp3) is 0.176. The van der Waals surface area contributed by atoms with Crippen LogP contribution in [0, 0.1) is 11.6 Å². The molecule has 0 atom stereocenters. The van der Waals surface area contributed by atoms with Gasteiger partial charge in [0.05, 0.1) is 16.3 Å². The molecule has 7 nitrogen and oxygen atoms in total. The third kappa shape index (κ3) is 3.35. The molecule has 0 unspecified atom stereocenters. The van der Waals surface area contributed by atoms with E-state index in [9.17, 15) is 22.0 Å². The summed E-state index contributed by atoms with van der Waals surface area (Å²) in [6.45, 7) is 3.02. The van der Waals surface area contributed by atoms with Crippen LogP contribution in [0.25, 0.3) is 11.0 Å². The van der Waals surface area contributed by atoms with Crippen LogP contribution in [0.15, 0.2) is 36.4 Å². The van der Waals surface area contributed by atoms with Gasteiger partial charge in [-0.05, 0) is 50.2 Å². The van der Waals surface area contributed by atoms with Crippen LogP contribution in [-0.4, -0.2) is 28.5 Å². The van der Waals surface area contributed by atoms with Crippen molar-refractivity contribution in [2.24, 2.45) is 0 Å². The number of nitrogens with two attached hydrogens (primary N) is 1. The highest BCUT2D eigenvalue weighted by molar-refractivity contribution is 7.90. The van der Waals surface area contributed by atoms with Crippen LogP contribution < -0.4 is 11.1 Å². The van der Waals surface area contributed by atoms with E-state index in [2.05, 4.69) is 10.3 Å². The van der Waals surface area contributed by atoms with Crippen molar-refractivity contribution < 1.29 is 22.0 Å². The van der Waals surface area contributed by atoms with Gasteiger partial charge < -0.3 is 11.1 Å². The van der Waals surface area contributed by atoms with Crippen LogP contribution >= 0.6 is 0 Å². The predicted octanol–water partition coefficient (Wildman–Crippen LogP) is 2.74. The molecule has 0 spiro atoms. The molecule has 3 rings (SSSR count). The Hall–Kier alpha value is -3.01. The Morgan fingerprint density at radius 2 is 1.85 bits per heavy atom. The molecule has 0 fully saturated rings. The van der Waals surface area contributed by atoms with Crippen molar-refractivity contribution in [2.75, 3.05) is 11.1 Å². The van der Waals surface area contributed by atoms with Gasteiger partial charge in [0.2, 0.25) is 16.0 Å². The van der Waals surface area contributed by atoms with Gasteiger partial charge in [-0.25, -0.2) is 26.2 Å². The summed E-state index contributed by atoms with van der Waals surface area (Å²) in [5.74, 6) is -3.08. The smallest absolute Gasteiger partial charge is 0.255 e. The summed E-state index contributed by atoms with van der Waals surface area (Å²) in [7, 11) is -3.77. The molecule has 0 aliphatic carbocycles. The summed E-state index contributed by atoms with van der Waals surface area (Å²) >= 11 is 0. The van der Waals surface area contributed by atoms with Gasteiger partial charge in [-0.2, -0.15) is 0 Å². The van der Waals surface area contributed by atoms with Crippen molar-refractivity contribution in [1.29, 1.82) is 0 Å². The fourth-order valence-corrected chi connectivity index (χ4v) is 3.61. The molecule has 0 saturated heterocycles. The molecule has 1 amide bonds. The van der Waals surface area contributed by atoms with E-state index in [-0.39, 0.29) is 22.7 Å². The highest BCUT2D eigenvalue weighted by Crippen LogP contribution is 2.25. The number of hydrogen-bond donors (Lipinski definition) is 2. The lowest BCUT2D eigenvalue weighted by molar-refractivity contribution is 0.102. The monoisotopic (exact) mass is 394 g/mol. The van der Waals surface area contributed by atoms with Gasteiger partial charge in [0.1, 0.15) is 0 Å². The van der Waals surface area contributed by atoms with Crippen molar-refractivity contribution in [1.82, 2.24) is 8.96 Å². The first-order chi connectivity index (χ1) is 12.6. The second-order valence-electron chi connectivity index (χ2n) is 6.11. The number of rotatable bonds is 4. The van der Waals surface area contributed by atoms with Gasteiger partial charge in [-0.15, -0.1) is 0 Å². The van der Waals surface area contributed by atoms with Crippen LogP contribution in [0.5, 0.6) is 0 Å². The number of carbonyl (C=O) groups is 1. The first-order valence-electron chi connectivity index (χ1n) is 7.90. The number of imidazole rings is 1. The van der Waals surface area contributed by atoms with Gasteiger partial charge in [-0.1, -0.05) is 0 Å². The zero-order valence-electron chi connectivity index (χ0n) is 14.4. The summed E-state index contributed by atoms with van der Waals surface area (Å²) < 4.78 is 52.3. The molecular formula is C17H16F2N4O3S. The normalized spacial score (nSPS) is 11.9. The lowest BCUT2D eigenvalue weighted by atomic mass is 10.2. The van der Waals surface area contributed by atoms with E-state index in [1.54, 1.807) is 0 Å². The molecule has 0 bridgehead atoms. The van der Waals surface area contributed by atoms with Gasteiger partial charge in [0.15, 0.2) is 11.6 Å². The molecule has 0 aliphatic heterocycles. The quantitative estimate of drug-likeness (QED) is 0.708. The molecule has 2 aromatic carbocycles. The maximum atomic E-state index is 13.3. The number of nitrogen functional groups attached to an aromatic ring is 1. The van der Waals surface area contributed by atoms with E-state index in [0.29, 0.717) is 5.52 Å². The van der Waals surface area contributed by atoms with E-state index < -0.39 is 32.8 Å². The van der Waals surface area contributed by atoms with Crippen molar-refractivity contribution in [3.8, 4) is 0 Å². The predicted molar refractivity (Wildman–Crippen MR) is 97.9 cm³/mol. The summed E-state index contributed by atoms with van der Waals surface area (Å²) in [6.07, 6.45) is 0. The largest absolute Gasteiger partial charge is 0.368 e. The Bertz CT molecular complexity index is 1160. The molecule has 0 saturated carbocycles. The number of nitrogens with one attached hydrogen (secondary N) is 1. The second-order valence-corrected chi connectivity index (χ2v) is 8.45. The van der Waals surface area contributed by atoms with Crippen LogP contribution in [0.2, 0.25) is 0 Å². The fourth-order valence-electron chi connectivity index (χ4n) is 2.47. The van der Waals surface area contributed by atoms with Crippen molar-refractivity contribution in [3.63, 3.8) is 0 Å². The van der Waals surface area contributed by atoms with Gasteiger partial charge in [0, 0.05) is 11.3 Å².